The molecular weight excluding hydrogens is 318 g/mol. The molecule has 1 fully saturated rings. The number of halogens is 1. The number of phenols is 1. The SMILES string of the molecule is Oc1ccc2cc(Br)ccc2c1CN1CCC[C@@H](O)C1. The van der Waals surface area contributed by atoms with E-state index in [0.29, 0.717) is 18.8 Å². The first kappa shape index (κ1) is 13.9. The standard InChI is InChI=1S/C16H18BrNO2/c17-12-4-5-14-11(8-12)3-6-16(20)15(14)10-18-7-1-2-13(19)9-18/h3-6,8,13,19-20H,1-2,7,9-10H2/t13-/m1/s1. The number of nitrogens with zero attached hydrogens (tertiary/aromatic N) is 1. The summed E-state index contributed by atoms with van der Waals surface area (Å²) in [5.41, 5.74) is 0.948. The number of aliphatic hydroxyl groups excluding tert-OH is 1. The van der Waals surface area contributed by atoms with Crippen LogP contribution in [0.1, 0.15) is 18.4 Å². The molecule has 0 bridgehead atoms. The molecule has 0 spiro atoms. The summed E-state index contributed by atoms with van der Waals surface area (Å²) in [4.78, 5) is 2.21. The van der Waals surface area contributed by atoms with E-state index in [1.54, 1.807) is 6.07 Å². The van der Waals surface area contributed by atoms with E-state index >= 15 is 0 Å². The van der Waals surface area contributed by atoms with E-state index in [2.05, 4.69) is 26.9 Å². The molecule has 0 unspecified atom stereocenters. The van der Waals surface area contributed by atoms with Crippen LogP contribution in [0.5, 0.6) is 5.75 Å². The van der Waals surface area contributed by atoms with Gasteiger partial charge in [0, 0.05) is 23.1 Å². The van der Waals surface area contributed by atoms with Crippen LogP contribution in [0, 0.1) is 0 Å². The van der Waals surface area contributed by atoms with Crippen molar-refractivity contribution in [1.29, 1.82) is 0 Å². The lowest BCUT2D eigenvalue weighted by atomic mass is 10.0. The molecule has 0 aliphatic carbocycles. The molecule has 1 atom stereocenters. The van der Waals surface area contributed by atoms with Crippen LogP contribution in [0.25, 0.3) is 10.8 Å². The van der Waals surface area contributed by atoms with E-state index in [9.17, 15) is 10.2 Å². The molecule has 4 heteroatoms. The lowest BCUT2D eigenvalue weighted by Gasteiger charge is -2.30. The van der Waals surface area contributed by atoms with E-state index in [1.165, 1.54) is 0 Å². The molecule has 1 aliphatic rings. The molecular formula is C16H18BrNO2. The molecule has 1 aliphatic heterocycles. The molecule has 20 heavy (non-hydrogen) atoms. The fourth-order valence-electron chi connectivity index (χ4n) is 2.92. The average Bonchev–Trinajstić information content (AvgIpc) is 2.42. The maximum Gasteiger partial charge on any atom is 0.120 e. The Balaban J connectivity index is 1.95. The van der Waals surface area contributed by atoms with Gasteiger partial charge in [-0.2, -0.15) is 0 Å². The third-order valence-electron chi connectivity index (χ3n) is 3.93. The molecule has 2 N–H and O–H groups in total. The Morgan fingerprint density at radius 2 is 2.10 bits per heavy atom. The van der Waals surface area contributed by atoms with Gasteiger partial charge in [-0.3, -0.25) is 4.90 Å². The number of fused-ring (bicyclic) bond motifs is 1. The van der Waals surface area contributed by atoms with Gasteiger partial charge >= 0.3 is 0 Å². The average molecular weight is 336 g/mol. The maximum atomic E-state index is 10.2. The zero-order valence-electron chi connectivity index (χ0n) is 11.2. The van der Waals surface area contributed by atoms with Gasteiger partial charge in [-0.15, -0.1) is 0 Å². The molecule has 3 nitrogen and oxygen atoms in total. The topological polar surface area (TPSA) is 43.7 Å². The third kappa shape index (κ3) is 2.82. The summed E-state index contributed by atoms with van der Waals surface area (Å²) in [5.74, 6) is 0.333. The minimum Gasteiger partial charge on any atom is -0.508 e. The second kappa shape index (κ2) is 5.72. The zero-order chi connectivity index (χ0) is 14.1. The van der Waals surface area contributed by atoms with E-state index < -0.39 is 0 Å². The Morgan fingerprint density at radius 3 is 2.90 bits per heavy atom. The van der Waals surface area contributed by atoms with Crippen LogP contribution in [-0.4, -0.2) is 34.3 Å². The van der Waals surface area contributed by atoms with Gasteiger partial charge in [0.1, 0.15) is 5.75 Å². The number of piperidine rings is 1. The van der Waals surface area contributed by atoms with E-state index in [1.807, 2.05) is 18.2 Å². The summed E-state index contributed by atoms with van der Waals surface area (Å²) < 4.78 is 1.04. The molecule has 0 radical (unpaired) electrons. The Labute approximate surface area is 127 Å². The number of hydrogen-bond acceptors (Lipinski definition) is 3. The molecule has 0 amide bonds. The number of aliphatic hydroxyl groups is 1. The van der Waals surface area contributed by atoms with Gasteiger partial charge in [0.2, 0.25) is 0 Å². The maximum absolute atomic E-state index is 10.2. The van der Waals surface area contributed by atoms with Crippen molar-refractivity contribution in [2.75, 3.05) is 13.1 Å². The van der Waals surface area contributed by atoms with Crippen LogP contribution in [0.15, 0.2) is 34.8 Å². The Kier molecular flexibility index (Phi) is 3.96. The van der Waals surface area contributed by atoms with E-state index in [4.69, 9.17) is 0 Å². The van der Waals surface area contributed by atoms with Crippen molar-refractivity contribution in [2.45, 2.75) is 25.5 Å². The van der Waals surface area contributed by atoms with Crippen LogP contribution in [0.3, 0.4) is 0 Å². The van der Waals surface area contributed by atoms with Crippen LogP contribution >= 0.6 is 15.9 Å². The minimum atomic E-state index is -0.241. The van der Waals surface area contributed by atoms with Gasteiger partial charge < -0.3 is 10.2 Å². The molecule has 1 heterocycles. The Hall–Kier alpha value is -1.10. The zero-order valence-corrected chi connectivity index (χ0v) is 12.8. The summed E-state index contributed by atoms with van der Waals surface area (Å²) in [5, 5.41) is 22.1. The van der Waals surface area contributed by atoms with Crippen molar-refractivity contribution in [3.05, 3.63) is 40.4 Å². The largest absolute Gasteiger partial charge is 0.508 e. The smallest absolute Gasteiger partial charge is 0.120 e. The van der Waals surface area contributed by atoms with Crippen LogP contribution in [-0.2, 0) is 6.54 Å². The van der Waals surface area contributed by atoms with Crippen molar-refractivity contribution in [2.24, 2.45) is 0 Å². The quantitative estimate of drug-likeness (QED) is 0.885. The molecule has 2 aromatic rings. The van der Waals surface area contributed by atoms with Crippen molar-refractivity contribution in [3.63, 3.8) is 0 Å². The van der Waals surface area contributed by atoms with Crippen molar-refractivity contribution in [3.8, 4) is 5.75 Å². The highest BCUT2D eigenvalue weighted by molar-refractivity contribution is 9.10. The molecule has 2 aromatic carbocycles. The first-order chi connectivity index (χ1) is 9.63. The first-order valence-corrected chi connectivity index (χ1v) is 7.73. The predicted octanol–water partition coefficient (Wildman–Crippen LogP) is 3.26. The van der Waals surface area contributed by atoms with Gasteiger partial charge in [-0.25, -0.2) is 0 Å². The number of β-amino-alcohol motifs (C(OH)–C–C–N with tert-alkyl or cyclic N) is 1. The second-order valence-corrected chi connectivity index (χ2v) is 6.38. The summed E-state index contributed by atoms with van der Waals surface area (Å²) in [7, 11) is 0. The summed E-state index contributed by atoms with van der Waals surface area (Å²) in [6.45, 7) is 2.34. The normalized spacial score (nSPS) is 20.4. The molecule has 0 saturated carbocycles. The van der Waals surface area contributed by atoms with E-state index in [-0.39, 0.29) is 6.10 Å². The Morgan fingerprint density at radius 1 is 1.25 bits per heavy atom. The van der Waals surface area contributed by atoms with Gasteiger partial charge in [0.25, 0.3) is 0 Å². The molecule has 1 saturated heterocycles. The summed E-state index contributed by atoms with van der Waals surface area (Å²) in [6, 6.07) is 9.78. The number of hydrogen-bond donors (Lipinski definition) is 2. The van der Waals surface area contributed by atoms with E-state index in [0.717, 1.165) is 40.2 Å². The van der Waals surface area contributed by atoms with Crippen molar-refractivity contribution < 1.29 is 10.2 Å². The summed E-state index contributed by atoms with van der Waals surface area (Å²) >= 11 is 3.48. The Bertz CT molecular complexity index is 629. The predicted molar refractivity (Wildman–Crippen MR) is 83.8 cm³/mol. The van der Waals surface area contributed by atoms with Crippen molar-refractivity contribution in [1.82, 2.24) is 4.90 Å². The molecule has 3 rings (SSSR count). The number of benzene rings is 2. The monoisotopic (exact) mass is 335 g/mol. The van der Waals surface area contributed by atoms with Gasteiger partial charge in [-0.1, -0.05) is 28.1 Å². The first-order valence-electron chi connectivity index (χ1n) is 6.94. The number of likely N-dealkylation sites (tertiary alicyclic amines) is 1. The van der Waals surface area contributed by atoms with Gasteiger partial charge in [-0.05, 0) is 48.4 Å². The fourth-order valence-corrected chi connectivity index (χ4v) is 3.30. The van der Waals surface area contributed by atoms with Crippen molar-refractivity contribution >= 4 is 26.7 Å². The van der Waals surface area contributed by atoms with Gasteiger partial charge in [0.05, 0.1) is 6.10 Å². The molecule has 106 valence electrons. The highest BCUT2D eigenvalue weighted by Crippen LogP contribution is 2.30. The number of phenolic OH excluding ortho intramolecular Hbond substituents is 1. The lowest BCUT2D eigenvalue weighted by molar-refractivity contribution is 0.0666. The number of rotatable bonds is 2. The highest BCUT2D eigenvalue weighted by Gasteiger charge is 2.19. The number of aromatic hydroxyl groups is 1. The fraction of sp³-hybridized carbons (Fsp3) is 0.375. The molecule has 0 aromatic heterocycles. The van der Waals surface area contributed by atoms with Gasteiger partial charge in [0.15, 0.2) is 0 Å². The van der Waals surface area contributed by atoms with Crippen LogP contribution in [0.4, 0.5) is 0 Å². The minimum absolute atomic E-state index is 0.241. The van der Waals surface area contributed by atoms with Crippen LogP contribution in [0.2, 0.25) is 0 Å². The lowest BCUT2D eigenvalue weighted by Crippen LogP contribution is -2.37. The van der Waals surface area contributed by atoms with Crippen LogP contribution < -0.4 is 0 Å². The second-order valence-electron chi connectivity index (χ2n) is 5.46. The third-order valence-corrected chi connectivity index (χ3v) is 4.42. The highest BCUT2D eigenvalue weighted by atomic mass is 79.9. The summed E-state index contributed by atoms with van der Waals surface area (Å²) in [6.07, 6.45) is 1.65.